The number of nitrogens with zero attached hydrogens (tertiary/aromatic N) is 3. The Balaban J connectivity index is 2.80. The number of aliphatic imine (C=N–C) groups is 1. The maximum absolute atomic E-state index is 11.8. The lowest BCUT2D eigenvalue weighted by atomic mass is 9.74. The van der Waals surface area contributed by atoms with Gasteiger partial charge in [0, 0.05) is 11.6 Å². The lowest BCUT2D eigenvalue weighted by Gasteiger charge is -2.30. The average molecular weight is 327 g/mol. The molecule has 1 aromatic rings. The Morgan fingerprint density at radius 2 is 2.00 bits per heavy atom. The topological polar surface area (TPSA) is 140 Å². The van der Waals surface area contributed by atoms with Crippen molar-refractivity contribution in [2.75, 3.05) is 6.54 Å². The van der Waals surface area contributed by atoms with E-state index in [1.165, 1.54) is 19.1 Å². The lowest BCUT2D eigenvalue weighted by Crippen LogP contribution is -2.35. The second-order valence-electron chi connectivity index (χ2n) is 5.20. The molecule has 0 saturated carbocycles. The van der Waals surface area contributed by atoms with Crippen LogP contribution in [0.15, 0.2) is 45.7 Å². The summed E-state index contributed by atoms with van der Waals surface area (Å²) in [6.07, 6.45) is 0. The van der Waals surface area contributed by atoms with Crippen molar-refractivity contribution in [2.24, 2.45) is 16.1 Å². The summed E-state index contributed by atoms with van der Waals surface area (Å²) in [4.78, 5) is 38.0. The summed E-state index contributed by atoms with van der Waals surface area (Å²) in [6, 6.07) is 8.11. The fraction of sp³-hybridized carbons (Fsp3) is 0.250. The summed E-state index contributed by atoms with van der Waals surface area (Å²) in [5.74, 6) is -5.04. The first-order valence-electron chi connectivity index (χ1n) is 6.94. The molecule has 1 aliphatic rings. The first kappa shape index (κ1) is 17.0. The minimum absolute atomic E-state index is 0.0924. The van der Waals surface area contributed by atoms with Crippen LogP contribution in [0.4, 0.5) is 0 Å². The molecule has 2 rings (SSSR count). The van der Waals surface area contributed by atoms with Crippen LogP contribution in [0.3, 0.4) is 0 Å². The number of carboxylic acid groups (broad SMARTS) is 2. The number of carboxylic acids is 2. The van der Waals surface area contributed by atoms with Gasteiger partial charge in [0.05, 0.1) is 22.9 Å². The summed E-state index contributed by atoms with van der Waals surface area (Å²) in [5.41, 5.74) is 0.174. The summed E-state index contributed by atoms with van der Waals surface area (Å²) < 4.78 is 0. The van der Waals surface area contributed by atoms with Gasteiger partial charge in [0.2, 0.25) is 0 Å². The first-order valence-corrected chi connectivity index (χ1v) is 6.94. The van der Waals surface area contributed by atoms with Crippen molar-refractivity contribution in [2.45, 2.75) is 12.8 Å². The standard InChI is InChI=1S/C16H13N3O5/c1-8-12(15(20)21)13(10-5-3-2-4-9(10)6-17)14(16(22)23)11(19-8)7-18-24/h2-5,12-13H,7H2,1H3,(H,20,21)(H,22,23). The van der Waals surface area contributed by atoms with Crippen molar-refractivity contribution in [3.05, 3.63) is 51.6 Å². The van der Waals surface area contributed by atoms with E-state index in [4.69, 9.17) is 0 Å². The zero-order chi connectivity index (χ0) is 17.9. The van der Waals surface area contributed by atoms with Crippen LogP contribution in [-0.2, 0) is 9.59 Å². The molecule has 2 N–H and O–H groups in total. The van der Waals surface area contributed by atoms with E-state index in [1.807, 2.05) is 6.07 Å². The van der Waals surface area contributed by atoms with E-state index in [-0.39, 0.29) is 28.1 Å². The van der Waals surface area contributed by atoms with Gasteiger partial charge in [-0.3, -0.25) is 9.79 Å². The largest absolute Gasteiger partial charge is 0.481 e. The van der Waals surface area contributed by atoms with E-state index in [2.05, 4.69) is 10.2 Å². The van der Waals surface area contributed by atoms with E-state index in [0.717, 1.165) is 0 Å². The average Bonchev–Trinajstić information content (AvgIpc) is 2.53. The van der Waals surface area contributed by atoms with Gasteiger partial charge in [-0.2, -0.15) is 10.2 Å². The van der Waals surface area contributed by atoms with Crippen LogP contribution in [0.25, 0.3) is 0 Å². The number of rotatable bonds is 5. The Bertz CT molecular complexity index is 819. The molecule has 2 atom stereocenters. The third kappa shape index (κ3) is 2.92. The number of hydrogen-bond donors (Lipinski definition) is 2. The first-order chi connectivity index (χ1) is 11.4. The summed E-state index contributed by atoms with van der Waals surface area (Å²) in [7, 11) is 0. The van der Waals surface area contributed by atoms with Crippen molar-refractivity contribution in [3.8, 4) is 6.07 Å². The predicted octanol–water partition coefficient (Wildman–Crippen LogP) is 1.92. The van der Waals surface area contributed by atoms with Crippen LogP contribution >= 0.6 is 0 Å². The van der Waals surface area contributed by atoms with Crippen molar-refractivity contribution < 1.29 is 19.8 Å². The molecule has 0 amide bonds. The summed E-state index contributed by atoms with van der Waals surface area (Å²) >= 11 is 0. The highest BCUT2D eigenvalue weighted by Crippen LogP contribution is 2.40. The monoisotopic (exact) mass is 327 g/mol. The van der Waals surface area contributed by atoms with E-state index in [9.17, 15) is 30.0 Å². The maximum atomic E-state index is 11.8. The lowest BCUT2D eigenvalue weighted by molar-refractivity contribution is -0.140. The zero-order valence-electron chi connectivity index (χ0n) is 12.6. The smallest absolute Gasteiger partial charge is 0.334 e. The van der Waals surface area contributed by atoms with Crippen LogP contribution in [-0.4, -0.2) is 34.4 Å². The normalized spacial score (nSPS) is 20.1. The molecule has 122 valence electrons. The quantitative estimate of drug-likeness (QED) is 0.792. The molecule has 1 heterocycles. The summed E-state index contributed by atoms with van der Waals surface area (Å²) in [6.45, 7) is 0.959. The SMILES string of the molecule is CC1=NC(CN=O)=C(C(=O)O)C(c2ccccc2C#N)C1C(=O)O. The number of aliphatic carboxylic acids is 2. The molecule has 24 heavy (non-hydrogen) atoms. The second-order valence-corrected chi connectivity index (χ2v) is 5.20. The van der Waals surface area contributed by atoms with E-state index in [0.29, 0.717) is 0 Å². The Hall–Kier alpha value is -3.34. The highest BCUT2D eigenvalue weighted by atomic mass is 16.4. The van der Waals surface area contributed by atoms with E-state index < -0.39 is 30.3 Å². The number of hydrogen-bond acceptors (Lipinski definition) is 6. The van der Waals surface area contributed by atoms with Gasteiger partial charge in [0.25, 0.3) is 0 Å². The number of benzene rings is 1. The minimum Gasteiger partial charge on any atom is -0.481 e. The molecule has 8 heteroatoms. The van der Waals surface area contributed by atoms with Gasteiger partial charge in [-0.15, -0.1) is 0 Å². The van der Waals surface area contributed by atoms with Crippen LogP contribution < -0.4 is 0 Å². The molecular weight excluding hydrogens is 314 g/mol. The van der Waals surface area contributed by atoms with Gasteiger partial charge in [-0.25, -0.2) is 4.79 Å². The highest BCUT2D eigenvalue weighted by molar-refractivity contribution is 6.06. The highest BCUT2D eigenvalue weighted by Gasteiger charge is 2.42. The van der Waals surface area contributed by atoms with Gasteiger partial charge in [-0.1, -0.05) is 23.4 Å². The molecule has 0 spiro atoms. The Morgan fingerprint density at radius 3 is 2.54 bits per heavy atom. The Labute approximate surface area is 136 Å². The third-order valence-corrected chi connectivity index (χ3v) is 3.84. The fourth-order valence-electron chi connectivity index (χ4n) is 2.89. The molecule has 8 nitrogen and oxygen atoms in total. The van der Waals surface area contributed by atoms with Crippen molar-refractivity contribution in [1.82, 2.24) is 0 Å². The van der Waals surface area contributed by atoms with E-state index in [1.54, 1.807) is 12.1 Å². The molecule has 0 aliphatic carbocycles. The van der Waals surface area contributed by atoms with Gasteiger partial charge in [0.1, 0.15) is 12.5 Å². The molecule has 0 saturated heterocycles. The second kappa shape index (κ2) is 6.83. The van der Waals surface area contributed by atoms with Crippen LogP contribution in [0.5, 0.6) is 0 Å². The van der Waals surface area contributed by atoms with Crippen LogP contribution in [0.2, 0.25) is 0 Å². The fourth-order valence-corrected chi connectivity index (χ4v) is 2.89. The van der Waals surface area contributed by atoms with E-state index >= 15 is 0 Å². The molecule has 1 aliphatic heterocycles. The van der Waals surface area contributed by atoms with Gasteiger partial charge in [0.15, 0.2) is 0 Å². The molecule has 0 aromatic heterocycles. The molecule has 0 fully saturated rings. The molecule has 1 aromatic carbocycles. The van der Waals surface area contributed by atoms with Gasteiger partial charge in [-0.05, 0) is 18.6 Å². The summed E-state index contributed by atoms with van der Waals surface area (Å²) in [5, 5.41) is 31.1. The third-order valence-electron chi connectivity index (χ3n) is 3.84. The molecule has 0 radical (unpaired) electrons. The van der Waals surface area contributed by atoms with Crippen molar-refractivity contribution in [1.29, 1.82) is 5.26 Å². The number of nitriles is 1. The number of nitroso groups, excluding NO2 is 1. The number of carbonyl (C=O) groups is 2. The Morgan fingerprint density at radius 1 is 1.33 bits per heavy atom. The van der Waals surface area contributed by atoms with Gasteiger partial charge >= 0.3 is 11.9 Å². The van der Waals surface area contributed by atoms with Gasteiger partial charge < -0.3 is 10.2 Å². The van der Waals surface area contributed by atoms with Crippen LogP contribution in [0.1, 0.15) is 24.0 Å². The maximum Gasteiger partial charge on any atom is 0.334 e. The van der Waals surface area contributed by atoms with Crippen molar-refractivity contribution in [3.63, 3.8) is 0 Å². The Kier molecular flexibility index (Phi) is 4.84. The minimum atomic E-state index is -1.39. The molecule has 2 unspecified atom stereocenters. The molecular formula is C16H13N3O5. The van der Waals surface area contributed by atoms with Crippen LogP contribution in [0, 0.1) is 22.2 Å². The zero-order valence-corrected chi connectivity index (χ0v) is 12.6. The molecule has 0 bridgehead atoms. The predicted molar refractivity (Wildman–Crippen MR) is 83.5 cm³/mol. The van der Waals surface area contributed by atoms with Crippen molar-refractivity contribution >= 4 is 17.7 Å².